The molecule has 2 aromatic rings. The van der Waals surface area contributed by atoms with Crippen LogP contribution in [0, 0.1) is 22.7 Å². The van der Waals surface area contributed by atoms with E-state index in [1.165, 1.54) is 31.3 Å². The predicted octanol–water partition coefficient (Wildman–Crippen LogP) is 6.72. The molecule has 1 N–H and O–H groups in total. The number of benzene rings is 1. The summed E-state index contributed by atoms with van der Waals surface area (Å²) in [5, 5.41) is 18.8. The monoisotopic (exact) mass is 412 g/mol. The predicted molar refractivity (Wildman–Crippen MR) is 118 cm³/mol. The van der Waals surface area contributed by atoms with E-state index in [0.717, 1.165) is 24.5 Å². The largest absolute Gasteiger partial charge is 0.507 e. The van der Waals surface area contributed by atoms with E-state index in [2.05, 4.69) is 37.5 Å². The third-order valence-electron chi connectivity index (χ3n) is 7.49. The van der Waals surface area contributed by atoms with Crippen LogP contribution in [0.2, 0.25) is 0 Å². The number of fused-ring (bicyclic) bond motifs is 1. The standard InChI is InChI=1S/C24H32N2O2S/c1-16-10-11-20-23(2,3)13-7-14-24(20,4)18(16)12-15-29-22-26-25-21(28-22)17-8-5-6-9-19(17)27/h5-6,8-9,18,20,27H,1,7,10-15H2,2-4H3/t18-,20+,24-/m0/s1. The molecular weight excluding hydrogens is 380 g/mol. The van der Waals surface area contributed by atoms with E-state index in [0.29, 0.717) is 33.4 Å². The molecule has 4 nitrogen and oxygen atoms in total. The van der Waals surface area contributed by atoms with Crippen molar-refractivity contribution in [1.29, 1.82) is 0 Å². The minimum absolute atomic E-state index is 0.157. The lowest BCUT2D eigenvalue weighted by Crippen LogP contribution is -2.49. The highest BCUT2D eigenvalue weighted by Crippen LogP contribution is 2.61. The summed E-state index contributed by atoms with van der Waals surface area (Å²) in [6, 6.07) is 7.05. The minimum atomic E-state index is 0.157. The fraction of sp³-hybridized carbons (Fsp3) is 0.583. The van der Waals surface area contributed by atoms with Crippen molar-refractivity contribution >= 4 is 11.8 Å². The molecule has 0 radical (unpaired) electrons. The van der Waals surface area contributed by atoms with Crippen molar-refractivity contribution in [3.05, 3.63) is 36.4 Å². The van der Waals surface area contributed by atoms with Crippen molar-refractivity contribution in [2.24, 2.45) is 22.7 Å². The van der Waals surface area contributed by atoms with Crippen LogP contribution >= 0.6 is 11.8 Å². The van der Waals surface area contributed by atoms with E-state index in [-0.39, 0.29) is 5.75 Å². The van der Waals surface area contributed by atoms with Crippen molar-refractivity contribution in [3.63, 3.8) is 0 Å². The first-order valence-corrected chi connectivity index (χ1v) is 11.7. The number of hydrogen-bond acceptors (Lipinski definition) is 5. The second kappa shape index (κ2) is 7.82. The van der Waals surface area contributed by atoms with Crippen LogP contribution in [0.4, 0.5) is 0 Å². The Bertz CT molecular complexity index is 891. The van der Waals surface area contributed by atoms with Gasteiger partial charge in [-0.2, -0.15) is 0 Å². The number of rotatable bonds is 5. The van der Waals surface area contributed by atoms with Gasteiger partial charge in [0.25, 0.3) is 11.1 Å². The fourth-order valence-corrected chi connectivity index (χ4v) is 6.87. The maximum atomic E-state index is 9.99. The van der Waals surface area contributed by atoms with Crippen LogP contribution in [0.15, 0.2) is 46.1 Å². The minimum Gasteiger partial charge on any atom is -0.507 e. The Morgan fingerprint density at radius 3 is 2.79 bits per heavy atom. The lowest BCUT2D eigenvalue weighted by molar-refractivity contribution is -0.0524. The van der Waals surface area contributed by atoms with Gasteiger partial charge in [0.2, 0.25) is 0 Å². The molecule has 2 saturated carbocycles. The van der Waals surface area contributed by atoms with Crippen molar-refractivity contribution in [1.82, 2.24) is 10.2 Å². The SMILES string of the molecule is C=C1CC[C@@H]2C(C)(C)CCC[C@@]2(C)[C@H]1CCSc1nnc(-c2ccccc2O)o1. The number of phenolic OH excluding ortho intramolecular Hbond substituents is 1. The Morgan fingerprint density at radius 2 is 2.00 bits per heavy atom. The van der Waals surface area contributed by atoms with Gasteiger partial charge in [0, 0.05) is 5.75 Å². The molecule has 4 rings (SSSR count). The van der Waals surface area contributed by atoms with Crippen LogP contribution in [0.5, 0.6) is 5.75 Å². The van der Waals surface area contributed by atoms with E-state index in [4.69, 9.17) is 4.42 Å². The third kappa shape index (κ3) is 3.86. The van der Waals surface area contributed by atoms with Crippen LogP contribution < -0.4 is 0 Å². The maximum absolute atomic E-state index is 9.99. The highest BCUT2D eigenvalue weighted by Gasteiger charge is 2.52. The van der Waals surface area contributed by atoms with E-state index >= 15 is 0 Å². The fourth-order valence-electron chi connectivity index (χ4n) is 6.10. The van der Waals surface area contributed by atoms with Crippen molar-refractivity contribution in [2.45, 2.75) is 64.5 Å². The topological polar surface area (TPSA) is 59.2 Å². The number of aromatic hydroxyl groups is 1. The molecule has 29 heavy (non-hydrogen) atoms. The third-order valence-corrected chi connectivity index (χ3v) is 8.34. The zero-order chi connectivity index (χ0) is 20.6. The van der Waals surface area contributed by atoms with Gasteiger partial charge in [0.1, 0.15) is 5.75 Å². The van der Waals surface area contributed by atoms with Crippen molar-refractivity contribution < 1.29 is 9.52 Å². The Kier molecular flexibility index (Phi) is 5.54. The van der Waals surface area contributed by atoms with Gasteiger partial charge >= 0.3 is 0 Å². The molecule has 2 fully saturated rings. The zero-order valence-corrected chi connectivity index (χ0v) is 18.6. The highest BCUT2D eigenvalue weighted by atomic mass is 32.2. The maximum Gasteiger partial charge on any atom is 0.276 e. The first kappa shape index (κ1) is 20.5. The van der Waals surface area contributed by atoms with Gasteiger partial charge in [-0.05, 0) is 66.9 Å². The van der Waals surface area contributed by atoms with E-state index in [1.54, 1.807) is 30.0 Å². The van der Waals surface area contributed by atoms with Crippen LogP contribution in [0.3, 0.4) is 0 Å². The Hall–Kier alpha value is -1.75. The number of aromatic nitrogens is 2. The smallest absolute Gasteiger partial charge is 0.276 e. The molecule has 3 atom stereocenters. The molecule has 2 aliphatic rings. The molecule has 0 bridgehead atoms. The first-order chi connectivity index (χ1) is 13.8. The number of hydrogen-bond donors (Lipinski definition) is 1. The lowest BCUT2D eigenvalue weighted by Gasteiger charge is -2.58. The Balaban J connectivity index is 1.42. The molecule has 1 aromatic carbocycles. The molecule has 0 saturated heterocycles. The van der Waals surface area contributed by atoms with Gasteiger partial charge in [-0.25, -0.2) is 0 Å². The molecule has 156 valence electrons. The molecular formula is C24H32N2O2S. The van der Waals surface area contributed by atoms with Gasteiger partial charge in [0.15, 0.2) is 0 Å². The van der Waals surface area contributed by atoms with Crippen LogP contribution in [-0.2, 0) is 0 Å². The molecule has 0 aliphatic heterocycles. The molecule has 2 aliphatic carbocycles. The zero-order valence-electron chi connectivity index (χ0n) is 17.8. The average molecular weight is 413 g/mol. The summed E-state index contributed by atoms with van der Waals surface area (Å²) in [6.45, 7) is 11.9. The van der Waals surface area contributed by atoms with E-state index in [9.17, 15) is 5.11 Å². The number of allylic oxidation sites excluding steroid dienone is 1. The van der Waals surface area contributed by atoms with Gasteiger partial charge in [0.05, 0.1) is 5.56 Å². The van der Waals surface area contributed by atoms with E-state index < -0.39 is 0 Å². The number of phenols is 1. The average Bonchev–Trinajstić information content (AvgIpc) is 3.12. The number of thioether (sulfide) groups is 1. The summed E-state index contributed by atoms with van der Waals surface area (Å²) in [4.78, 5) is 0. The summed E-state index contributed by atoms with van der Waals surface area (Å²) < 4.78 is 5.79. The quantitative estimate of drug-likeness (QED) is 0.436. The second-order valence-corrected chi connectivity index (χ2v) is 10.7. The summed E-state index contributed by atoms with van der Waals surface area (Å²) in [6.07, 6.45) is 7.54. The summed E-state index contributed by atoms with van der Waals surface area (Å²) >= 11 is 1.61. The van der Waals surface area contributed by atoms with Crippen molar-refractivity contribution in [2.75, 3.05) is 5.75 Å². The first-order valence-electron chi connectivity index (χ1n) is 10.7. The second-order valence-electron chi connectivity index (χ2n) is 9.68. The normalized spacial score (nSPS) is 28.9. The van der Waals surface area contributed by atoms with Gasteiger partial charge in [-0.3, -0.25) is 0 Å². The number of para-hydroxylation sites is 1. The van der Waals surface area contributed by atoms with Crippen LogP contribution in [-0.4, -0.2) is 21.1 Å². The van der Waals surface area contributed by atoms with Crippen LogP contribution in [0.25, 0.3) is 11.5 Å². The molecule has 0 amide bonds. The van der Waals surface area contributed by atoms with Crippen molar-refractivity contribution in [3.8, 4) is 17.2 Å². The summed E-state index contributed by atoms with van der Waals surface area (Å²) in [5.74, 6) is 2.81. The molecule has 0 unspecified atom stereocenters. The molecule has 1 heterocycles. The van der Waals surface area contributed by atoms with E-state index in [1.807, 2.05) is 6.07 Å². The van der Waals surface area contributed by atoms with Crippen LogP contribution in [0.1, 0.15) is 59.3 Å². The van der Waals surface area contributed by atoms with Gasteiger partial charge < -0.3 is 9.52 Å². The summed E-state index contributed by atoms with van der Waals surface area (Å²) in [7, 11) is 0. The Labute approximate surface area is 178 Å². The summed E-state index contributed by atoms with van der Waals surface area (Å²) in [5.41, 5.74) is 2.79. The van der Waals surface area contributed by atoms with Gasteiger partial charge in [-0.1, -0.05) is 63.2 Å². The number of nitrogens with zero attached hydrogens (tertiary/aromatic N) is 2. The molecule has 0 spiro atoms. The highest BCUT2D eigenvalue weighted by molar-refractivity contribution is 7.99. The Morgan fingerprint density at radius 1 is 1.21 bits per heavy atom. The van der Waals surface area contributed by atoms with Gasteiger partial charge in [-0.15, -0.1) is 10.2 Å². The lowest BCUT2D eigenvalue weighted by atomic mass is 9.47. The molecule has 1 aromatic heterocycles. The molecule has 5 heteroatoms.